The molecule has 0 spiro atoms. The van der Waals surface area contributed by atoms with Gasteiger partial charge in [0, 0.05) is 6.04 Å². The number of hydrogen-bond donors (Lipinski definition) is 2. The van der Waals surface area contributed by atoms with Gasteiger partial charge in [-0.1, -0.05) is 6.07 Å². The van der Waals surface area contributed by atoms with Crippen molar-refractivity contribution >= 4 is 12.4 Å². The Morgan fingerprint density at radius 1 is 1.40 bits per heavy atom. The van der Waals surface area contributed by atoms with Crippen molar-refractivity contribution in [1.29, 1.82) is 0 Å². The van der Waals surface area contributed by atoms with Gasteiger partial charge in [0.05, 0.1) is 6.10 Å². The summed E-state index contributed by atoms with van der Waals surface area (Å²) in [6.45, 7) is 0. The number of nitrogens with two attached hydrogens (primary N) is 1. The molecule has 3 N–H and O–H groups in total. The molecule has 0 radical (unpaired) electrons. The molecule has 1 aliphatic rings. The fraction of sp³-hybridized carbons (Fsp3) is 0.455. The average Bonchev–Trinajstić information content (AvgIpc) is 2.30. The number of fused-ring (bicyclic) bond motifs is 1. The standard InChI is InChI=1S/C11H14FNO.ClH/c12-8-5-4-7-2-1-3-10(13)11(14)9(7)6-8;/h4-6,10-11,14H,1-3,13H2;1H. The second-order valence-corrected chi connectivity index (χ2v) is 3.84. The molecule has 0 saturated carbocycles. The highest BCUT2D eigenvalue weighted by Crippen LogP contribution is 2.28. The molecule has 0 fully saturated rings. The van der Waals surface area contributed by atoms with Crippen molar-refractivity contribution in [3.63, 3.8) is 0 Å². The Kier molecular flexibility index (Phi) is 4.08. The van der Waals surface area contributed by atoms with Crippen molar-refractivity contribution in [2.45, 2.75) is 31.4 Å². The first-order valence-corrected chi connectivity index (χ1v) is 4.90. The molecule has 2 nitrogen and oxygen atoms in total. The molecule has 1 aromatic carbocycles. The quantitative estimate of drug-likeness (QED) is 0.671. The molecule has 2 unspecified atom stereocenters. The maximum Gasteiger partial charge on any atom is 0.123 e. The van der Waals surface area contributed by atoms with Gasteiger partial charge in [-0.3, -0.25) is 0 Å². The molecule has 84 valence electrons. The van der Waals surface area contributed by atoms with Crippen molar-refractivity contribution in [3.8, 4) is 0 Å². The first kappa shape index (κ1) is 12.4. The number of aliphatic hydroxyl groups excluding tert-OH is 1. The van der Waals surface area contributed by atoms with Crippen molar-refractivity contribution in [3.05, 3.63) is 35.1 Å². The van der Waals surface area contributed by atoms with E-state index in [0.29, 0.717) is 5.56 Å². The predicted molar refractivity (Wildman–Crippen MR) is 59.5 cm³/mol. The average molecular weight is 232 g/mol. The molecule has 1 aliphatic carbocycles. The first-order valence-electron chi connectivity index (χ1n) is 4.90. The third-order valence-corrected chi connectivity index (χ3v) is 2.82. The van der Waals surface area contributed by atoms with Crippen LogP contribution in [0, 0.1) is 5.82 Å². The first-order chi connectivity index (χ1) is 6.68. The van der Waals surface area contributed by atoms with Crippen molar-refractivity contribution in [2.75, 3.05) is 0 Å². The summed E-state index contributed by atoms with van der Waals surface area (Å²) in [6.07, 6.45) is 1.90. The smallest absolute Gasteiger partial charge is 0.123 e. The maximum absolute atomic E-state index is 13.0. The van der Waals surface area contributed by atoms with Crippen LogP contribution >= 0.6 is 12.4 Å². The van der Waals surface area contributed by atoms with Crippen LogP contribution in [0.25, 0.3) is 0 Å². The molecule has 0 heterocycles. The van der Waals surface area contributed by atoms with Gasteiger partial charge in [0.1, 0.15) is 5.82 Å². The summed E-state index contributed by atoms with van der Waals surface area (Å²) in [6, 6.07) is 4.30. The molecule has 4 heteroatoms. The van der Waals surface area contributed by atoms with Gasteiger partial charge < -0.3 is 10.8 Å². The number of aliphatic hydroxyl groups is 1. The van der Waals surface area contributed by atoms with Crippen LogP contribution in [-0.2, 0) is 6.42 Å². The van der Waals surface area contributed by atoms with Gasteiger partial charge in [0.2, 0.25) is 0 Å². The lowest BCUT2D eigenvalue weighted by atomic mass is 9.99. The second kappa shape index (κ2) is 4.92. The Hall–Kier alpha value is -0.640. The van der Waals surface area contributed by atoms with Gasteiger partial charge in [-0.2, -0.15) is 0 Å². The molecular formula is C11H15ClFNO. The normalized spacial score (nSPS) is 25.0. The van der Waals surface area contributed by atoms with E-state index in [0.717, 1.165) is 24.8 Å². The van der Waals surface area contributed by atoms with Gasteiger partial charge in [0.15, 0.2) is 0 Å². The number of halogens is 2. The minimum Gasteiger partial charge on any atom is -0.387 e. The molecule has 0 saturated heterocycles. The van der Waals surface area contributed by atoms with Crippen LogP contribution < -0.4 is 5.73 Å². The van der Waals surface area contributed by atoms with Gasteiger partial charge >= 0.3 is 0 Å². The van der Waals surface area contributed by atoms with E-state index in [9.17, 15) is 9.50 Å². The summed E-state index contributed by atoms with van der Waals surface area (Å²) < 4.78 is 13.0. The third-order valence-electron chi connectivity index (χ3n) is 2.82. The Balaban J connectivity index is 0.00000112. The molecule has 0 aromatic heterocycles. The van der Waals surface area contributed by atoms with Gasteiger partial charge in [0.25, 0.3) is 0 Å². The Morgan fingerprint density at radius 2 is 2.13 bits per heavy atom. The Morgan fingerprint density at radius 3 is 2.87 bits per heavy atom. The van der Waals surface area contributed by atoms with E-state index in [1.165, 1.54) is 12.1 Å². The van der Waals surface area contributed by atoms with Crippen molar-refractivity contribution < 1.29 is 9.50 Å². The highest BCUT2D eigenvalue weighted by molar-refractivity contribution is 5.85. The van der Waals surface area contributed by atoms with Crippen LogP contribution in [0.5, 0.6) is 0 Å². The SMILES string of the molecule is Cl.NC1CCCc2ccc(F)cc2C1O. The van der Waals surface area contributed by atoms with Gasteiger partial charge in [-0.25, -0.2) is 4.39 Å². The maximum atomic E-state index is 13.0. The van der Waals surface area contributed by atoms with Crippen LogP contribution in [-0.4, -0.2) is 11.1 Å². The monoisotopic (exact) mass is 231 g/mol. The summed E-state index contributed by atoms with van der Waals surface area (Å²) >= 11 is 0. The Bertz CT molecular complexity index is 345. The molecule has 0 amide bonds. The van der Waals surface area contributed by atoms with E-state index >= 15 is 0 Å². The van der Waals surface area contributed by atoms with E-state index in [4.69, 9.17) is 5.73 Å². The highest BCUT2D eigenvalue weighted by atomic mass is 35.5. The topological polar surface area (TPSA) is 46.2 Å². The zero-order valence-electron chi connectivity index (χ0n) is 8.32. The largest absolute Gasteiger partial charge is 0.387 e. The molecule has 0 bridgehead atoms. The van der Waals surface area contributed by atoms with Crippen LogP contribution in [0.3, 0.4) is 0 Å². The molecule has 0 aliphatic heterocycles. The van der Waals surface area contributed by atoms with Crippen molar-refractivity contribution in [1.82, 2.24) is 0 Å². The number of aryl methyl sites for hydroxylation is 1. The lowest BCUT2D eigenvalue weighted by Crippen LogP contribution is -2.27. The van der Waals surface area contributed by atoms with Crippen LogP contribution in [0.4, 0.5) is 4.39 Å². The van der Waals surface area contributed by atoms with E-state index in [1.807, 2.05) is 0 Å². The van der Waals surface area contributed by atoms with E-state index in [1.54, 1.807) is 6.07 Å². The van der Waals surface area contributed by atoms with E-state index in [-0.39, 0.29) is 24.3 Å². The summed E-state index contributed by atoms with van der Waals surface area (Å²) in [5, 5.41) is 9.84. The Labute approximate surface area is 94.7 Å². The lowest BCUT2D eigenvalue weighted by molar-refractivity contribution is 0.144. The number of benzene rings is 1. The molecule has 1 aromatic rings. The molecule has 15 heavy (non-hydrogen) atoms. The number of rotatable bonds is 0. The third kappa shape index (κ3) is 2.48. The van der Waals surface area contributed by atoms with Crippen LogP contribution in [0.1, 0.15) is 30.1 Å². The van der Waals surface area contributed by atoms with Crippen LogP contribution in [0.15, 0.2) is 18.2 Å². The fourth-order valence-corrected chi connectivity index (χ4v) is 1.99. The van der Waals surface area contributed by atoms with Crippen LogP contribution in [0.2, 0.25) is 0 Å². The van der Waals surface area contributed by atoms with Gasteiger partial charge in [-0.05, 0) is 42.5 Å². The summed E-state index contributed by atoms with van der Waals surface area (Å²) in [7, 11) is 0. The summed E-state index contributed by atoms with van der Waals surface area (Å²) in [5.74, 6) is -0.308. The predicted octanol–water partition coefficient (Wildman–Crippen LogP) is 1.94. The van der Waals surface area contributed by atoms with E-state index in [2.05, 4.69) is 0 Å². The molecule has 2 rings (SSSR count). The lowest BCUT2D eigenvalue weighted by Gasteiger charge is -2.17. The minimum absolute atomic E-state index is 0. The zero-order valence-corrected chi connectivity index (χ0v) is 9.14. The van der Waals surface area contributed by atoms with Crippen molar-refractivity contribution in [2.24, 2.45) is 5.73 Å². The highest BCUT2D eigenvalue weighted by Gasteiger charge is 2.23. The summed E-state index contributed by atoms with van der Waals surface area (Å²) in [4.78, 5) is 0. The fourth-order valence-electron chi connectivity index (χ4n) is 1.99. The minimum atomic E-state index is -0.719. The molecular weight excluding hydrogens is 217 g/mol. The van der Waals surface area contributed by atoms with Gasteiger partial charge in [-0.15, -0.1) is 12.4 Å². The number of hydrogen-bond acceptors (Lipinski definition) is 2. The second-order valence-electron chi connectivity index (χ2n) is 3.84. The zero-order chi connectivity index (χ0) is 10.1. The molecule has 2 atom stereocenters. The van der Waals surface area contributed by atoms with E-state index < -0.39 is 6.10 Å². The summed E-state index contributed by atoms with van der Waals surface area (Å²) in [5.41, 5.74) is 7.45.